The van der Waals surface area contributed by atoms with E-state index in [9.17, 15) is 4.79 Å². The Bertz CT molecular complexity index is 59.9. The number of hydrogen-bond donors (Lipinski definition) is 0. The lowest BCUT2D eigenvalue weighted by Crippen LogP contribution is -1.97. The van der Waals surface area contributed by atoms with E-state index in [4.69, 9.17) is 0 Å². The van der Waals surface area contributed by atoms with Crippen LogP contribution in [0.1, 0.15) is 33.6 Å². The van der Waals surface area contributed by atoms with Crippen molar-refractivity contribution in [3.05, 3.63) is 0 Å². The highest BCUT2D eigenvalue weighted by Gasteiger charge is 1.92. The van der Waals surface area contributed by atoms with Crippen molar-refractivity contribution < 1.29 is 9.53 Å². The predicted molar refractivity (Wildman–Crippen MR) is 38.3 cm³/mol. The van der Waals surface area contributed by atoms with Gasteiger partial charge in [0.1, 0.15) is 0 Å². The van der Waals surface area contributed by atoms with Gasteiger partial charge in [-0.05, 0) is 6.42 Å². The fraction of sp³-hybridized carbons (Fsp3) is 0.857. The Kier molecular flexibility index (Phi) is 13.1. The second-order valence-electron chi connectivity index (χ2n) is 1.33. The summed E-state index contributed by atoms with van der Waals surface area (Å²) in [6.07, 6.45) is 1.41. The van der Waals surface area contributed by atoms with Crippen LogP contribution in [0.15, 0.2) is 0 Å². The second-order valence-corrected chi connectivity index (χ2v) is 1.33. The zero-order valence-electron chi connectivity index (χ0n) is 6.73. The number of carbonyl (C=O) groups excluding carboxylic acids is 1. The molecule has 9 heavy (non-hydrogen) atoms. The van der Waals surface area contributed by atoms with Gasteiger partial charge < -0.3 is 4.74 Å². The monoisotopic (exact) mass is 132 g/mol. The average molecular weight is 132 g/mol. The van der Waals surface area contributed by atoms with Crippen molar-refractivity contribution in [1.29, 1.82) is 0 Å². The Balaban J connectivity index is 0. The van der Waals surface area contributed by atoms with Crippen molar-refractivity contribution in [2.75, 3.05) is 7.11 Å². The van der Waals surface area contributed by atoms with Gasteiger partial charge in [0.25, 0.3) is 0 Å². The summed E-state index contributed by atoms with van der Waals surface area (Å²) >= 11 is 0. The van der Waals surface area contributed by atoms with Crippen LogP contribution in [-0.2, 0) is 9.53 Å². The first-order valence-corrected chi connectivity index (χ1v) is 3.38. The molecule has 0 fully saturated rings. The molecule has 0 bridgehead atoms. The van der Waals surface area contributed by atoms with E-state index in [1.54, 1.807) is 0 Å². The Morgan fingerprint density at radius 2 is 1.89 bits per heavy atom. The van der Waals surface area contributed by atoms with Crippen molar-refractivity contribution in [2.45, 2.75) is 33.6 Å². The molecule has 0 saturated carbocycles. The van der Waals surface area contributed by atoms with E-state index < -0.39 is 0 Å². The molecule has 2 nitrogen and oxygen atoms in total. The molecule has 0 aliphatic rings. The maximum Gasteiger partial charge on any atom is 0.305 e. The molecule has 0 amide bonds. The molecule has 0 aliphatic heterocycles. The summed E-state index contributed by atoms with van der Waals surface area (Å²) in [5, 5.41) is 0. The van der Waals surface area contributed by atoms with Gasteiger partial charge in [-0.3, -0.25) is 4.79 Å². The molecular formula is C7H16O2. The van der Waals surface area contributed by atoms with Crippen LogP contribution in [0.25, 0.3) is 0 Å². The molecule has 56 valence electrons. The molecule has 0 aromatic carbocycles. The highest BCUT2D eigenvalue weighted by molar-refractivity contribution is 5.68. The molecule has 0 N–H and O–H groups in total. The maximum absolute atomic E-state index is 10.2. The highest BCUT2D eigenvalue weighted by atomic mass is 16.5. The zero-order chi connectivity index (χ0) is 7.70. The fourth-order valence-corrected chi connectivity index (χ4v) is 0.306. The van der Waals surface area contributed by atoms with Gasteiger partial charge in [-0.25, -0.2) is 0 Å². The topological polar surface area (TPSA) is 26.3 Å². The Labute approximate surface area is 57.2 Å². The molecule has 0 atom stereocenters. The summed E-state index contributed by atoms with van der Waals surface area (Å²) in [6.45, 7) is 5.94. The van der Waals surface area contributed by atoms with Crippen LogP contribution in [0, 0.1) is 0 Å². The quantitative estimate of drug-likeness (QED) is 0.537. The molecule has 0 unspecified atom stereocenters. The number of carbonyl (C=O) groups is 1. The van der Waals surface area contributed by atoms with E-state index in [2.05, 4.69) is 4.74 Å². The molecule has 0 heterocycles. The second kappa shape index (κ2) is 10.5. The normalized spacial score (nSPS) is 7.11. The fourth-order valence-electron chi connectivity index (χ4n) is 0.306. The third-order valence-electron chi connectivity index (χ3n) is 0.682. The molecule has 0 radical (unpaired) electrons. The van der Waals surface area contributed by atoms with E-state index in [-0.39, 0.29) is 5.97 Å². The SMILES string of the molecule is CC.CCCC(=O)OC. The Morgan fingerprint density at radius 3 is 2.00 bits per heavy atom. The lowest BCUT2D eigenvalue weighted by atomic mass is 10.3. The van der Waals surface area contributed by atoms with Crippen LogP contribution < -0.4 is 0 Å². The summed E-state index contributed by atoms with van der Waals surface area (Å²) in [5.74, 6) is -0.123. The van der Waals surface area contributed by atoms with E-state index in [0.717, 1.165) is 6.42 Å². The lowest BCUT2D eigenvalue weighted by Gasteiger charge is -1.91. The summed E-state index contributed by atoms with van der Waals surface area (Å²) in [4.78, 5) is 10.2. The van der Waals surface area contributed by atoms with Crippen molar-refractivity contribution in [3.8, 4) is 0 Å². The van der Waals surface area contributed by atoms with Crippen LogP contribution in [0.5, 0.6) is 0 Å². The third-order valence-corrected chi connectivity index (χ3v) is 0.682. The zero-order valence-corrected chi connectivity index (χ0v) is 6.73. The van der Waals surface area contributed by atoms with Crippen LogP contribution in [-0.4, -0.2) is 13.1 Å². The van der Waals surface area contributed by atoms with Crippen LogP contribution in [0.4, 0.5) is 0 Å². The molecule has 0 spiro atoms. The lowest BCUT2D eigenvalue weighted by molar-refractivity contribution is -0.140. The number of methoxy groups -OCH3 is 1. The predicted octanol–water partition coefficient (Wildman–Crippen LogP) is 1.99. The molecule has 0 saturated heterocycles. The minimum Gasteiger partial charge on any atom is -0.469 e. The largest absolute Gasteiger partial charge is 0.469 e. The molecule has 0 rings (SSSR count). The molecule has 0 aromatic heterocycles. The number of ether oxygens (including phenoxy) is 1. The van der Waals surface area contributed by atoms with E-state index in [1.807, 2.05) is 20.8 Å². The summed E-state index contributed by atoms with van der Waals surface area (Å²) < 4.78 is 4.35. The van der Waals surface area contributed by atoms with E-state index >= 15 is 0 Å². The number of rotatable bonds is 2. The highest BCUT2D eigenvalue weighted by Crippen LogP contribution is 1.86. The number of hydrogen-bond acceptors (Lipinski definition) is 2. The molecule has 2 heteroatoms. The van der Waals surface area contributed by atoms with Gasteiger partial charge in [0, 0.05) is 6.42 Å². The first-order valence-electron chi connectivity index (χ1n) is 3.38. The van der Waals surface area contributed by atoms with Crippen molar-refractivity contribution in [3.63, 3.8) is 0 Å². The van der Waals surface area contributed by atoms with Crippen LogP contribution >= 0.6 is 0 Å². The van der Waals surface area contributed by atoms with Gasteiger partial charge in [0.15, 0.2) is 0 Å². The minimum atomic E-state index is -0.123. The van der Waals surface area contributed by atoms with Gasteiger partial charge in [0.2, 0.25) is 0 Å². The summed E-state index contributed by atoms with van der Waals surface area (Å²) in [7, 11) is 1.40. The number of esters is 1. The van der Waals surface area contributed by atoms with Gasteiger partial charge in [-0.2, -0.15) is 0 Å². The van der Waals surface area contributed by atoms with Gasteiger partial charge in [0.05, 0.1) is 7.11 Å². The van der Waals surface area contributed by atoms with Crippen molar-refractivity contribution >= 4 is 5.97 Å². The molecule has 0 aromatic rings. The standard InChI is InChI=1S/C5H10O2.C2H6/c1-3-4-5(6)7-2;1-2/h3-4H2,1-2H3;1-2H3. The van der Waals surface area contributed by atoms with Crippen LogP contribution in [0.2, 0.25) is 0 Å². The van der Waals surface area contributed by atoms with Gasteiger partial charge >= 0.3 is 5.97 Å². The van der Waals surface area contributed by atoms with E-state index in [0.29, 0.717) is 6.42 Å². The van der Waals surface area contributed by atoms with E-state index in [1.165, 1.54) is 7.11 Å². The molecule has 0 aliphatic carbocycles. The summed E-state index contributed by atoms with van der Waals surface area (Å²) in [6, 6.07) is 0. The minimum absolute atomic E-state index is 0.123. The Morgan fingerprint density at radius 1 is 1.44 bits per heavy atom. The summed E-state index contributed by atoms with van der Waals surface area (Å²) in [5.41, 5.74) is 0. The van der Waals surface area contributed by atoms with Crippen molar-refractivity contribution in [2.24, 2.45) is 0 Å². The molecular weight excluding hydrogens is 116 g/mol. The van der Waals surface area contributed by atoms with Crippen molar-refractivity contribution in [1.82, 2.24) is 0 Å². The maximum atomic E-state index is 10.2. The average Bonchev–Trinajstić information content (AvgIpc) is 1.93. The smallest absolute Gasteiger partial charge is 0.305 e. The Hall–Kier alpha value is -0.530. The first-order chi connectivity index (χ1) is 4.31. The first kappa shape index (κ1) is 11.3. The third kappa shape index (κ3) is 11.2. The van der Waals surface area contributed by atoms with Gasteiger partial charge in [-0.15, -0.1) is 0 Å². The van der Waals surface area contributed by atoms with Gasteiger partial charge in [-0.1, -0.05) is 20.8 Å². The van der Waals surface area contributed by atoms with Crippen LogP contribution in [0.3, 0.4) is 0 Å².